The Kier molecular flexibility index (Phi) is 3.99. The van der Waals surface area contributed by atoms with Crippen molar-refractivity contribution in [2.75, 3.05) is 19.4 Å². The van der Waals surface area contributed by atoms with Crippen molar-refractivity contribution in [1.29, 1.82) is 0 Å². The van der Waals surface area contributed by atoms with Crippen molar-refractivity contribution in [3.05, 3.63) is 42.2 Å². The molecule has 0 radical (unpaired) electrons. The number of nitrogen functional groups attached to an aromatic ring is 1. The van der Waals surface area contributed by atoms with Crippen molar-refractivity contribution in [2.24, 2.45) is 0 Å². The third-order valence-corrected chi connectivity index (χ3v) is 3.54. The Bertz CT molecular complexity index is 649. The van der Waals surface area contributed by atoms with Gasteiger partial charge in [-0.25, -0.2) is 4.68 Å². The first-order valence-electron chi connectivity index (χ1n) is 6.66. The molecular weight excluding hydrogens is 268 g/mol. The molecule has 1 aromatic heterocycles. The lowest BCUT2D eigenvalue weighted by atomic mass is 10.0. The molecule has 1 aromatic carbocycles. The summed E-state index contributed by atoms with van der Waals surface area (Å²) in [5.74, 6) is -0.239. The van der Waals surface area contributed by atoms with Crippen molar-refractivity contribution >= 4 is 11.6 Å². The van der Waals surface area contributed by atoms with Gasteiger partial charge in [-0.05, 0) is 38.1 Å². The van der Waals surface area contributed by atoms with E-state index < -0.39 is 5.54 Å². The van der Waals surface area contributed by atoms with Gasteiger partial charge in [0.1, 0.15) is 0 Å². The summed E-state index contributed by atoms with van der Waals surface area (Å²) in [4.78, 5) is 13.9. The molecule has 0 aliphatic carbocycles. The standard InChI is InChI=1S/C15H20N4O2/c1-15(2,10-20)18(3)14(21)13-7-8-19(17-13)12-6-4-5-11(16)9-12/h4-9,20H,10,16H2,1-3H3. The first-order valence-corrected chi connectivity index (χ1v) is 6.66. The van der Waals surface area contributed by atoms with Crippen molar-refractivity contribution in [1.82, 2.24) is 14.7 Å². The van der Waals surface area contributed by atoms with Gasteiger partial charge in [0.05, 0.1) is 17.8 Å². The van der Waals surface area contributed by atoms with Crippen molar-refractivity contribution in [2.45, 2.75) is 19.4 Å². The summed E-state index contributed by atoms with van der Waals surface area (Å²) in [7, 11) is 1.65. The molecule has 0 saturated carbocycles. The van der Waals surface area contributed by atoms with Crippen molar-refractivity contribution in [3.63, 3.8) is 0 Å². The number of anilines is 1. The van der Waals surface area contributed by atoms with Gasteiger partial charge in [0.15, 0.2) is 5.69 Å². The Hall–Kier alpha value is -2.34. The first kappa shape index (κ1) is 15.1. The minimum Gasteiger partial charge on any atom is -0.399 e. The van der Waals surface area contributed by atoms with Crippen LogP contribution in [-0.2, 0) is 0 Å². The summed E-state index contributed by atoms with van der Waals surface area (Å²) in [5.41, 5.74) is 6.85. The van der Waals surface area contributed by atoms with E-state index in [-0.39, 0.29) is 12.5 Å². The number of hydrogen-bond donors (Lipinski definition) is 2. The number of amides is 1. The molecule has 2 rings (SSSR count). The highest BCUT2D eigenvalue weighted by molar-refractivity contribution is 5.92. The van der Waals surface area contributed by atoms with E-state index in [0.29, 0.717) is 11.4 Å². The minimum absolute atomic E-state index is 0.120. The van der Waals surface area contributed by atoms with Gasteiger partial charge in [0, 0.05) is 18.9 Å². The van der Waals surface area contributed by atoms with Gasteiger partial charge in [-0.15, -0.1) is 0 Å². The zero-order valence-electron chi connectivity index (χ0n) is 12.4. The average molecular weight is 288 g/mol. The van der Waals surface area contributed by atoms with Crippen LogP contribution in [0.25, 0.3) is 5.69 Å². The van der Waals surface area contributed by atoms with Gasteiger partial charge in [-0.3, -0.25) is 4.79 Å². The van der Waals surface area contributed by atoms with Gasteiger partial charge in [0.25, 0.3) is 5.91 Å². The summed E-state index contributed by atoms with van der Waals surface area (Å²) in [6, 6.07) is 8.91. The number of likely N-dealkylation sites (N-methyl/N-ethyl adjacent to an activating group) is 1. The number of carbonyl (C=O) groups is 1. The molecule has 6 heteroatoms. The topological polar surface area (TPSA) is 84.4 Å². The van der Waals surface area contributed by atoms with E-state index >= 15 is 0 Å². The zero-order valence-corrected chi connectivity index (χ0v) is 12.4. The SMILES string of the molecule is CN(C(=O)c1ccn(-c2cccc(N)c2)n1)C(C)(C)CO. The molecule has 0 fully saturated rings. The average Bonchev–Trinajstić information content (AvgIpc) is 2.95. The van der Waals surface area contributed by atoms with Crippen LogP contribution < -0.4 is 5.73 Å². The second-order valence-corrected chi connectivity index (χ2v) is 5.58. The van der Waals surface area contributed by atoms with Gasteiger partial charge in [-0.1, -0.05) is 6.07 Å². The molecule has 0 aliphatic heterocycles. The number of carbonyl (C=O) groups excluding carboxylic acids is 1. The number of hydrogen-bond acceptors (Lipinski definition) is 4. The summed E-state index contributed by atoms with van der Waals surface area (Å²) in [5, 5.41) is 13.6. The minimum atomic E-state index is -0.641. The molecule has 0 aliphatic rings. The summed E-state index contributed by atoms with van der Waals surface area (Å²) in [6.07, 6.45) is 1.71. The van der Waals surface area contributed by atoms with Crippen LogP contribution in [-0.4, -0.2) is 44.9 Å². The molecule has 0 unspecified atom stereocenters. The number of aromatic nitrogens is 2. The summed E-state index contributed by atoms with van der Waals surface area (Å²) in [6.45, 7) is 3.46. The van der Waals surface area contributed by atoms with Gasteiger partial charge in [0.2, 0.25) is 0 Å². The third kappa shape index (κ3) is 3.05. The van der Waals surface area contributed by atoms with Crippen LogP contribution >= 0.6 is 0 Å². The maximum atomic E-state index is 12.4. The maximum absolute atomic E-state index is 12.4. The van der Waals surface area contributed by atoms with E-state index in [1.54, 1.807) is 50.0 Å². The lowest BCUT2D eigenvalue weighted by molar-refractivity contribution is 0.0467. The molecular formula is C15H20N4O2. The fourth-order valence-electron chi connectivity index (χ4n) is 1.80. The normalized spacial score (nSPS) is 11.4. The number of benzene rings is 1. The maximum Gasteiger partial charge on any atom is 0.274 e. The molecule has 0 bridgehead atoms. The highest BCUT2D eigenvalue weighted by Crippen LogP contribution is 2.16. The predicted octanol–water partition coefficient (Wildman–Crippen LogP) is 1.30. The van der Waals surface area contributed by atoms with Crippen LogP contribution in [0.15, 0.2) is 36.5 Å². The van der Waals surface area contributed by atoms with E-state index in [0.717, 1.165) is 5.69 Å². The van der Waals surface area contributed by atoms with Crippen LogP contribution in [0.1, 0.15) is 24.3 Å². The smallest absolute Gasteiger partial charge is 0.274 e. The Morgan fingerprint density at radius 1 is 1.43 bits per heavy atom. The molecule has 1 heterocycles. The summed E-state index contributed by atoms with van der Waals surface area (Å²) < 4.78 is 1.60. The van der Waals surface area contributed by atoms with Crippen LogP contribution in [0, 0.1) is 0 Å². The highest BCUT2D eigenvalue weighted by Gasteiger charge is 2.28. The molecule has 0 atom stereocenters. The molecule has 112 valence electrons. The third-order valence-electron chi connectivity index (χ3n) is 3.54. The highest BCUT2D eigenvalue weighted by atomic mass is 16.3. The van der Waals surface area contributed by atoms with E-state index in [9.17, 15) is 9.90 Å². The zero-order chi connectivity index (χ0) is 15.6. The van der Waals surface area contributed by atoms with Gasteiger partial charge in [-0.2, -0.15) is 5.10 Å². The van der Waals surface area contributed by atoms with Crippen molar-refractivity contribution < 1.29 is 9.90 Å². The largest absolute Gasteiger partial charge is 0.399 e. The fourth-order valence-corrected chi connectivity index (χ4v) is 1.80. The number of nitrogens with zero attached hydrogens (tertiary/aromatic N) is 3. The van der Waals surface area contributed by atoms with E-state index in [1.165, 1.54) is 4.90 Å². The predicted molar refractivity (Wildman–Crippen MR) is 81.2 cm³/mol. The van der Waals surface area contributed by atoms with Crippen molar-refractivity contribution in [3.8, 4) is 5.69 Å². The Morgan fingerprint density at radius 3 is 2.76 bits per heavy atom. The van der Waals surface area contributed by atoms with Crippen LogP contribution in [0.4, 0.5) is 5.69 Å². The monoisotopic (exact) mass is 288 g/mol. The van der Waals surface area contributed by atoms with Gasteiger partial charge >= 0.3 is 0 Å². The molecule has 3 N–H and O–H groups in total. The molecule has 6 nitrogen and oxygen atoms in total. The van der Waals surface area contributed by atoms with E-state index in [4.69, 9.17) is 5.73 Å². The second-order valence-electron chi connectivity index (χ2n) is 5.58. The lowest BCUT2D eigenvalue weighted by Gasteiger charge is -2.33. The van der Waals surface area contributed by atoms with Crippen LogP contribution in [0.5, 0.6) is 0 Å². The molecule has 21 heavy (non-hydrogen) atoms. The number of aliphatic hydroxyl groups excluding tert-OH is 1. The molecule has 0 spiro atoms. The molecule has 2 aromatic rings. The first-order chi connectivity index (χ1) is 9.85. The Labute approximate surface area is 123 Å². The van der Waals surface area contributed by atoms with Crippen LogP contribution in [0.3, 0.4) is 0 Å². The molecule has 1 amide bonds. The number of aliphatic hydroxyl groups is 1. The number of nitrogens with two attached hydrogens (primary N) is 1. The Balaban J connectivity index is 2.26. The lowest BCUT2D eigenvalue weighted by Crippen LogP contribution is -2.47. The Morgan fingerprint density at radius 2 is 2.14 bits per heavy atom. The quantitative estimate of drug-likeness (QED) is 0.830. The van der Waals surface area contributed by atoms with E-state index in [1.807, 2.05) is 12.1 Å². The van der Waals surface area contributed by atoms with Crippen LogP contribution in [0.2, 0.25) is 0 Å². The van der Waals surface area contributed by atoms with Gasteiger partial charge < -0.3 is 15.7 Å². The fraction of sp³-hybridized carbons (Fsp3) is 0.333. The van der Waals surface area contributed by atoms with E-state index in [2.05, 4.69) is 5.10 Å². The molecule has 0 saturated heterocycles. The second kappa shape index (κ2) is 5.57. The summed E-state index contributed by atoms with van der Waals surface area (Å²) >= 11 is 0. The number of rotatable bonds is 4.